The van der Waals surface area contributed by atoms with Gasteiger partial charge in [0, 0.05) is 43.5 Å². The number of rotatable bonds is 7. The third-order valence-corrected chi connectivity index (χ3v) is 4.85. The van der Waals surface area contributed by atoms with Crippen molar-refractivity contribution in [3.05, 3.63) is 16.6 Å². The third kappa shape index (κ3) is 3.81. The van der Waals surface area contributed by atoms with Crippen molar-refractivity contribution in [3.63, 3.8) is 0 Å². The molecule has 0 N–H and O–H groups in total. The molecule has 3 rings (SSSR count). The summed E-state index contributed by atoms with van der Waals surface area (Å²) in [7, 11) is 0. The van der Waals surface area contributed by atoms with Gasteiger partial charge < -0.3 is 9.80 Å². The van der Waals surface area contributed by atoms with E-state index in [9.17, 15) is 9.59 Å². The zero-order valence-electron chi connectivity index (χ0n) is 12.2. The van der Waals surface area contributed by atoms with E-state index in [2.05, 4.69) is 4.98 Å². The molecule has 2 fully saturated rings. The van der Waals surface area contributed by atoms with Gasteiger partial charge in [0.2, 0.25) is 11.8 Å². The highest BCUT2D eigenvalue weighted by Crippen LogP contribution is 2.29. The van der Waals surface area contributed by atoms with Crippen molar-refractivity contribution >= 4 is 23.2 Å². The van der Waals surface area contributed by atoms with Gasteiger partial charge in [-0.25, -0.2) is 4.98 Å². The molecule has 0 radical (unpaired) electrons. The summed E-state index contributed by atoms with van der Waals surface area (Å²) in [5.74, 6) is 0.448. The van der Waals surface area contributed by atoms with Gasteiger partial charge in [-0.05, 0) is 25.7 Å². The van der Waals surface area contributed by atoms with Crippen LogP contribution in [0.1, 0.15) is 43.5 Å². The molecule has 0 bridgehead atoms. The largest absolute Gasteiger partial charge is 0.343 e. The van der Waals surface area contributed by atoms with Crippen LogP contribution in [0.4, 0.5) is 0 Å². The van der Waals surface area contributed by atoms with E-state index >= 15 is 0 Å². The summed E-state index contributed by atoms with van der Waals surface area (Å²) in [5, 5.41) is 2.95. The molecule has 114 valence electrons. The van der Waals surface area contributed by atoms with Crippen molar-refractivity contribution in [2.45, 2.75) is 51.1 Å². The van der Waals surface area contributed by atoms with Gasteiger partial charge >= 0.3 is 0 Å². The highest BCUT2D eigenvalue weighted by atomic mass is 32.1. The van der Waals surface area contributed by atoms with Crippen LogP contribution in [0.5, 0.6) is 0 Å². The maximum Gasteiger partial charge on any atom is 0.223 e. The highest BCUT2D eigenvalue weighted by Gasteiger charge is 2.32. The smallest absolute Gasteiger partial charge is 0.223 e. The minimum atomic E-state index is 0.208. The van der Waals surface area contributed by atoms with Crippen LogP contribution < -0.4 is 0 Å². The SMILES string of the molecule is O=C1CCCN1CCCC(=O)N(Cc1nccs1)C1CC1. The molecule has 5 nitrogen and oxygen atoms in total. The number of carbonyl (C=O) groups is 2. The molecule has 2 aliphatic rings. The van der Waals surface area contributed by atoms with Crippen LogP contribution in [0.2, 0.25) is 0 Å². The average molecular weight is 307 g/mol. The average Bonchev–Trinajstić information content (AvgIpc) is 3.02. The summed E-state index contributed by atoms with van der Waals surface area (Å²) < 4.78 is 0. The molecule has 1 saturated heterocycles. The molecule has 0 aromatic carbocycles. The molecule has 2 heterocycles. The maximum atomic E-state index is 12.4. The number of thiazole rings is 1. The number of aromatic nitrogens is 1. The van der Waals surface area contributed by atoms with Crippen molar-refractivity contribution < 1.29 is 9.59 Å². The Morgan fingerprint density at radius 1 is 1.48 bits per heavy atom. The summed E-state index contributed by atoms with van der Waals surface area (Å²) in [6.07, 6.45) is 6.95. The van der Waals surface area contributed by atoms with Crippen LogP contribution in [-0.2, 0) is 16.1 Å². The van der Waals surface area contributed by atoms with Crippen molar-refractivity contribution in [3.8, 4) is 0 Å². The number of likely N-dealkylation sites (tertiary alicyclic amines) is 1. The van der Waals surface area contributed by atoms with E-state index in [1.165, 1.54) is 0 Å². The van der Waals surface area contributed by atoms with E-state index in [4.69, 9.17) is 0 Å². The predicted molar refractivity (Wildman–Crippen MR) is 80.7 cm³/mol. The van der Waals surface area contributed by atoms with Crippen LogP contribution in [0, 0.1) is 0 Å². The first-order valence-corrected chi connectivity index (χ1v) is 8.57. The van der Waals surface area contributed by atoms with Crippen LogP contribution >= 0.6 is 11.3 Å². The Hall–Kier alpha value is -1.43. The number of nitrogens with zero attached hydrogens (tertiary/aromatic N) is 3. The molecular formula is C15H21N3O2S. The second-order valence-corrected chi connectivity index (χ2v) is 6.75. The Morgan fingerprint density at radius 2 is 2.33 bits per heavy atom. The van der Waals surface area contributed by atoms with Crippen molar-refractivity contribution in [1.82, 2.24) is 14.8 Å². The van der Waals surface area contributed by atoms with Gasteiger partial charge in [0.05, 0.1) is 6.54 Å². The lowest BCUT2D eigenvalue weighted by Gasteiger charge is -2.22. The van der Waals surface area contributed by atoms with Gasteiger partial charge in [-0.2, -0.15) is 0 Å². The van der Waals surface area contributed by atoms with E-state index in [0.29, 0.717) is 25.4 Å². The van der Waals surface area contributed by atoms with Crippen LogP contribution in [0.25, 0.3) is 0 Å². The fourth-order valence-electron chi connectivity index (χ4n) is 2.79. The minimum absolute atomic E-state index is 0.208. The van der Waals surface area contributed by atoms with Crippen LogP contribution in [-0.4, -0.2) is 45.7 Å². The third-order valence-electron chi connectivity index (χ3n) is 4.09. The standard InChI is InChI=1S/C15H21N3O2S/c19-14-3-1-8-17(14)9-2-4-15(20)18(12-5-6-12)11-13-16-7-10-21-13/h7,10,12H,1-6,8-9,11H2. The normalized spacial score (nSPS) is 18.3. The second-order valence-electron chi connectivity index (χ2n) is 5.77. The van der Waals surface area contributed by atoms with E-state index in [-0.39, 0.29) is 11.8 Å². The Morgan fingerprint density at radius 3 is 2.95 bits per heavy atom. The van der Waals surface area contributed by atoms with Gasteiger partial charge in [-0.1, -0.05) is 0 Å². The number of hydrogen-bond donors (Lipinski definition) is 0. The number of amides is 2. The van der Waals surface area contributed by atoms with E-state index in [0.717, 1.165) is 43.8 Å². The summed E-state index contributed by atoms with van der Waals surface area (Å²) in [5.41, 5.74) is 0. The zero-order chi connectivity index (χ0) is 14.7. The number of hydrogen-bond acceptors (Lipinski definition) is 4. The summed E-state index contributed by atoms with van der Waals surface area (Å²) in [4.78, 5) is 32.1. The van der Waals surface area contributed by atoms with Crippen molar-refractivity contribution in [2.24, 2.45) is 0 Å². The quantitative estimate of drug-likeness (QED) is 0.774. The molecule has 21 heavy (non-hydrogen) atoms. The van der Waals surface area contributed by atoms with Gasteiger partial charge in [0.15, 0.2) is 0 Å². The molecule has 6 heteroatoms. The molecule has 1 aromatic rings. The first-order valence-electron chi connectivity index (χ1n) is 7.69. The fraction of sp³-hybridized carbons (Fsp3) is 0.667. The highest BCUT2D eigenvalue weighted by molar-refractivity contribution is 7.09. The molecule has 0 unspecified atom stereocenters. The van der Waals surface area contributed by atoms with E-state index < -0.39 is 0 Å². The Kier molecular flexibility index (Phi) is 4.53. The van der Waals surface area contributed by atoms with Gasteiger partial charge in [0.25, 0.3) is 0 Å². The molecule has 1 aliphatic heterocycles. The van der Waals surface area contributed by atoms with Gasteiger partial charge in [-0.3, -0.25) is 9.59 Å². The number of carbonyl (C=O) groups excluding carboxylic acids is 2. The van der Waals surface area contributed by atoms with Crippen LogP contribution in [0.15, 0.2) is 11.6 Å². The Labute approximate surface area is 129 Å². The minimum Gasteiger partial charge on any atom is -0.343 e. The van der Waals surface area contributed by atoms with Crippen LogP contribution in [0.3, 0.4) is 0 Å². The van der Waals surface area contributed by atoms with Gasteiger partial charge in [-0.15, -0.1) is 11.3 Å². The van der Waals surface area contributed by atoms with Crippen molar-refractivity contribution in [1.29, 1.82) is 0 Å². The van der Waals surface area contributed by atoms with Gasteiger partial charge in [0.1, 0.15) is 5.01 Å². The first kappa shape index (κ1) is 14.5. The van der Waals surface area contributed by atoms with E-state index in [1.54, 1.807) is 17.5 Å². The topological polar surface area (TPSA) is 53.5 Å². The lowest BCUT2D eigenvalue weighted by Crippen LogP contribution is -2.33. The first-order chi connectivity index (χ1) is 10.2. The van der Waals surface area contributed by atoms with E-state index in [1.807, 2.05) is 15.2 Å². The summed E-state index contributed by atoms with van der Waals surface area (Å²) in [6.45, 7) is 2.22. The Bertz CT molecular complexity index is 499. The van der Waals surface area contributed by atoms with Crippen molar-refractivity contribution in [2.75, 3.05) is 13.1 Å². The monoisotopic (exact) mass is 307 g/mol. The summed E-state index contributed by atoms with van der Waals surface area (Å²) in [6, 6.07) is 0.412. The lowest BCUT2D eigenvalue weighted by molar-refractivity contribution is -0.133. The molecular weight excluding hydrogens is 286 g/mol. The predicted octanol–water partition coefficient (Wildman–Crippen LogP) is 2.04. The lowest BCUT2D eigenvalue weighted by atomic mass is 10.2. The molecule has 1 aromatic heterocycles. The molecule has 0 spiro atoms. The zero-order valence-corrected chi connectivity index (χ0v) is 13.0. The Balaban J connectivity index is 1.47. The molecule has 1 saturated carbocycles. The second kappa shape index (κ2) is 6.56. The molecule has 1 aliphatic carbocycles. The maximum absolute atomic E-state index is 12.4. The molecule has 0 atom stereocenters. The summed E-state index contributed by atoms with van der Waals surface area (Å²) >= 11 is 1.60. The fourth-order valence-corrected chi connectivity index (χ4v) is 3.40. The molecule has 2 amide bonds.